The highest BCUT2D eigenvalue weighted by Crippen LogP contribution is 2.10. The minimum Gasteiger partial charge on any atom is -0.368 e. The van der Waals surface area contributed by atoms with Crippen molar-refractivity contribution in [1.29, 1.82) is 0 Å². The van der Waals surface area contributed by atoms with Crippen molar-refractivity contribution >= 4 is 17.2 Å². The maximum absolute atomic E-state index is 10.6. The quantitative estimate of drug-likeness (QED) is 0.607. The fourth-order valence-corrected chi connectivity index (χ4v) is 1.70. The van der Waals surface area contributed by atoms with Gasteiger partial charge in [0.15, 0.2) is 0 Å². The monoisotopic (exact) mass is 214 g/mol. The van der Waals surface area contributed by atoms with Crippen LogP contribution in [0.2, 0.25) is 0 Å². The SMILES string of the molecule is Cc1ncc(CNCC(N)C(N)=O)s1. The Kier molecular flexibility index (Phi) is 3.99. The molecular weight excluding hydrogens is 200 g/mol. The van der Waals surface area contributed by atoms with E-state index < -0.39 is 11.9 Å². The molecule has 5 N–H and O–H groups in total. The van der Waals surface area contributed by atoms with E-state index in [1.165, 1.54) is 0 Å². The molecule has 1 rings (SSSR count). The molecule has 1 atom stereocenters. The maximum atomic E-state index is 10.6. The number of rotatable bonds is 5. The average Bonchev–Trinajstić information content (AvgIpc) is 2.51. The highest BCUT2D eigenvalue weighted by Gasteiger charge is 2.07. The molecule has 0 radical (unpaired) electrons. The Hall–Kier alpha value is -0.980. The van der Waals surface area contributed by atoms with Crippen molar-refractivity contribution in [3.8, 4) is 0 Å². The Bertz CT molecular complexity index is 312. The van der Waals surface area contributed by atoms with E-state index in [-0.39, 0.29) is 0 Å². The van der Waals surface area contributed by atoms with Gasteiger partial charge in [0.1, 0.15) is 0 Å². The van der Waals surface area contributed by atoms with Gasteiger partial charge in [-0.2, -0.15) is 0 Å². The fraction of sp³-hybridized carbons (Fsp3) is 0.500. The number of nitrogens with zero attached hydrogens (tertiary/aromatic N) is 1. The third-order valence-electron chi connectivity index (χ3n) is 1.70. The molecule has 0 aliphatic carbocycles. The molecular formula is C8H14N4OS. The largest absolute Gasteiger partial charge is 0.368 e. The third kappa shape index (κ3) is 3.41. The van der Waals surface area contributed by atoms with Crippen LogP contribution in [0.1, 0.15) is 9.88 Å². The molecule has 78 valence electrons. The molecule has 0 aliphatic rings. The van der Waals surface area contributed by atoms with Gasteiger partial charge in [0, 0.05) is 24.2 Å². The number of carbonyl (C=O) groups is 1. The van der Waals surface area contributed by atoms with Crippen LogP contribution < -0.4 is 16.8 Å². The second kappa shape index (κ2) is 5.04. The lowest BCUT2D eigenvalue weighted by molar-refractivity contribution is -0.119. The number of thiazole rings is 1. The third-order valence-corrected chi connectivity index (χ3v) is 2.61. The highest BCUT2D eigenvalue weighted by molar-refractivity contribution is 7.11. The van der Waals surface area contributed by atoms with E-state index in [4.69, 9.17) is 11.5 Å². The number of amides is 1. The van der Waals surface area contributed by atoms with Crippen LogP contribution in [0.15, 0.2) is 6.20 Å². The van der Waals surface area contributed by atoms with Crippen molar-refractivity contribution in [3.63, 3.8) is 0 Å². The second-order valence-electron chi connectivity index (χ2n) is 2.99. The van der Waals surface area contributed by atoms with Crippen LogP contribution in [0.25, 0.3) is 0 Å². The molecule has 1 heterocycles. The molecule has 1 unspecified atom stereocenters. The van der Waals surface area contributed by atoms with Gasteiger partial charge in [-0.1, -0.05) is 0 Å². The van der Waals surface area contributed by atoms with Crippen LogP contribution in [-0.4, -0.2) is 23.5 Å². The van der Waals surface area contributed by atoms with Crippen molar-refractivity contribution in [2.45, 2.75) is 19.5 Å². The van der Waals surface area contributed by atoms with E-state index in [9.17, 15) is 4.79 Å². The van der Waals surface area contributed by atoms with Crippen molar-refractivity contribution in [2.24, 2.45) is 11.5 Å². The molecule has 0 aromatic carbocycles. The van der Waals surface area contributed by atoms with E-state index in [1.54, 1.807) is 11.3 Å². The van der Waals surface area contributed by atoms with Gasteiger partial charge in [-0.25, -0.2) is 4.98 Å². The lowest BCUT2D eigenvalue weighted by Gasteiger charge is -2.07. The van der Waals surface area contributed by atoms with Crippen LogP contribution in [0.3, 0.4) is 0 Å². The normalized spacial score (nSPS) is 12.7. The van der Waals surface area contributed by atoms with Gasteiger partial charge in [-0.3, -0.25) is 4.79 Å². The van der Waals surface area contributed by atoms with E-state index in [0.29, 0.717) is 13.1 Å². The van der Waals surface area contributed by atoms with Crippen LogP contribution in [-0.2, 0) is 11.3 Å². The number of nitrogens with one attached hydrogen (secondary N) is 1. The van der Waals surface area contributed by atoms with E-state index in [1.807, 2.05) is 13.1 Å². The summed E-state index contributed by atoms with van der Waals surface area (Å²) in [5.41, 5.74) is 10.4. The Morgan fingerprint density at radius 3 is 3.00 bits per heavy atom. The number of carbonyl (C=O) groups excluding carboxylic acids is 1. The molecule has 1 amide bonds. The number of hydrogen-bond acceptors (Lipinski definition) is 5. The first kappa shape index (κ1) is 11.1. The minimum atomic E-state index is -0.621. The smallest absolute Gasteiger partial charge is 0.235 e. The van der Waals surface area contributed by atoms with Gasteiger partial charge in [-0.15, -0.1) is 11.3 Å². The standard InChI is InChI=1S/C8H14N4OS/c1-5-12-3-6(14-5)2-11-4-7(9)8(10)13/h3,7,11H,2,4,9H2,1H3,(H2,10,13). The van der Waals surface area contributed by atoms with Crippen molar-refractivity contribution in [3.05, 3.63) is 16.1 Å². The van der Waals surface area contributed by atoms with Crippen LogP contribution in [0, 0.1) is 6.92 Å². The molecule has 0 spiro atoms. The minimum absolute atomic E-state index is 0.395. The molecule has 14 heavy (non-hydrogen) atoms. The van der Waals surface area contributed by atoms with E-state index >= 15 is 0 Å². The van der Waals surface area contributed by atoms with Crippen molar-refractivity contribution in [2.75, 3.05) is 6.54 Å². The van der Waals surface area contributed by atoms with Crippen LogP contribution >= 0.6 is 11.3 Å². The first-order chi connectivity index (χ1) is 6.59. The number of primary amides is 1. The number of hydrogen-bond donors (Lipinski definition) is 3. The van der Waals surface area contributed by atoms with Crippen molar-refractivity contribution in [1.82, 2.24) is 10.3 Å². The van der Waals surface area contributed by atoms with Crippen LogP contribution in [0.5, 0.6) is 0 Å². The molecule has 5 nitrogen and oxygen atoms in total. The van der Waals surface area contributed by atoms with Gasteiger partial charge < -0.3 is 16.8 Å². The fourth-order valence-electron chi connectivity index (χ4n) is 0.939. The molecule has 1 aromatic rings. The van der Waals surface area contributed by atoms with Gasteiger partial charge >= 0.3 is 0 Å². The van der Waals surface area contributed by atoms with Gasteiger partial charge in [0.25, 0.3) is 0 Å². The summed E-state index contributed by atoms with van der Waals surface area (Å²) < 4.78 is 0. The van der Waals surface area contributed by atoms with Gasteiger partial charge in [-0.05, 0) is 6.92 Å². The predicted molar refractivity (Wildman–Crippen MR) is 55.7 cm³/mol. The van der Waals surface area contributed by atoms with E-state index in [0.717, 1.165) is 9.88 Å². The number of nitrogens with two attached hydrogens (primary N) is 2. The Morgan fingerprint density at radius 2 is 2.50 bits per heavy atom. The van der Waals surface area contributed by atoms with Crippen molar-refractivity contribution < 1.29 is 4.79 Å². The zero-order valence-electron chi connectivity index (χ0n) is 7.99. The lowest BCUT2D eigenvalue weighted by Crippen LogP contribution is -2.44. The topological polar surface area (TPSA) is 94.0 Å². The molecule has 0 saturated carbocycles. The number of aryl methyl sites for hydroxylation is 1. The molecule has 6 heteroatoms. The highest BCUT2D eigenvalue weighted by atomic mass is 32.1. The molecule has 1 aromatic heterocycles. The van der Waals surface area contributed by atoms with Crippen LogP contribution in [0.4, 0.5) is 0 Å². The lowest BCUT2D eigenvalue weighted by atomic mass is 10.3. The molecule has 0 fully saturated rings. The first-order valence-corrected chi connectivity index (χ1v) is 5.08. The Labute approximate surface area is 86.5 Å². The Morgan fingerprint density at radius 1 is 1.79 bits per heavy atom. The Balaban J connectivity index is 2.25. The summed E-state index contributed by atoms with van der Waals surface area (Å²) >= 11 is 1.62. The summed E-state index contributed by atoms with van der Waals surface area (Å²) in [6.07, 6.45) is 1.81. The van der Waals surface area contributed by atoms with E-state index in [2.05, 4.69) is 10.3 Å². The number of aromatic nitrogens is 1. The second-order valence-corrected chi connectivity index (χ2v) is 4.30. The summed E-state index contributed by atoms with van der Waals surface area (Å²) in [6.45, 7) is 3.02. The molecule has 0 bridgehead atoms. The summed E-state index contributed by atoms with van der Waals surface area (Å²) in [4.78, 5) is 15.8. The summed E-state index contributed by atoms with van der Waals surface area (Å²) in [7, 11) is 0. The maximum Gasteiger partial charge on any atom is 0.235 e. The molecule has 0 saturated heterocycles. The molecule has 0 aliphatic heterocycles. The first-order valence-electron chi connectivity index (χ1n) is 4.26. The zero-order chi connectivity index (χ0) is 10.6. The summed E-state index contributed by atoms with van der Waals surface area (Å²) in [5.74, 6) is -0.488. The zero-order valence-corrected chi connectivity index (χ0v) is 8.80. The summed E-state index contributed by atoms with van der Waals surface area (Å²) in [6, 6.07) is -0.621. The summed E-state index contributed by atoms with van der Waals surface area (Å²) in [5, 5.41) is 4.07. The predicted octanol–water partition coefficient (Wildman–Crippen LogP) is -0.646. The van der Waals surface area contributed by atoms with Gasteiger partial charge in [0.05, 0.1) is 11.0 Å². The average molecular weight is 214 g/mol. The van der Waals surface area contributed by atoms with Gasteiger partial charge in [0.2, 0.25) is 5.91 Å².